The molecule has 1 aromatic heterocycles. The smallest absolute Gasteiger partial charge is 0.317 e. The number of alkyl halides is 1. The molecule has 1 heterocycles. The molecule has 0 saturated heterocycles. The van der Waals surface area contributed by atoms with Gasteiger partial charge in [-0.05, 0) is 0 Å². The first-order chi connectivity index (χ1) is 5.20. The number of halogens is 1. The number of nitrogens with zero attached hydrogens (tertiary/aromatic N) is 1. The van der Waals surface area contributed by atoms with E-state index >= 15 is 0 Å². The highest BCUT2D eigenvalue weighted by Gasteiger charge is 2.13. The number of aromatic nitrogens is 1. The summed E-state index contributed by atoms with van der Waals surface area (Å²) in [6, 6.07) is 0. The molecule has 0 aromatic carbocycles. The molecule has 11 heavy (non-hydrogen) atoms. The van der Waals surface area contributed by atoms with E-state index in [9.17, 15) is 4.79 Å². The standard InChI is InChI=1S/C6H6BrNO2S/c7-5(6(9)10)1-4-2-11-3-8-4/h2-3,5H,1H2,(H,9,10). The van der Waals surface area contributed by atoms with E-state index in [1.165, 1.54) is 11.3 Å². The van der Waals surface area contributed by atoms with Crippen molar-refractivity contribution in [2.75, 3.05) is 0 Å². The molecular weight excluding hydrogens is 230 g/mol. The molecule has 0 bridgehead atoms. The molecule has 0 fully saturated rings. The average molecular weight is 236 g/mol. The monoisotopic (exact) mass is 235 g/mol. The lowest BCUT2D eigenvalue weighted by Gasteiger charge is -1.99. The van der Waals surface area contributed by atoms with Crippen LogP contribution in [0.1, 0.15) is 5.69 Å². The van der Waals surface area contributed by atoms with Crippen molar-refractivity contribution in [3.8, 4) is 0 Å². The van der Waals surface area contributed by atoms with Gasteiger partial charge in [-0.25, -0.2) is 4.98 Å². The van der Waals surface area contributed by atoms with Crippen LogP contribution in [0.25, 0.3) is 0 Å². The second-order valence-corrected chi connectivity index (χ2v) is 3.81. The molecular formula is C6H6BrNO2S. The van der Waals surface area contributed by atoms with Gasteiger partial charge in [-0.2, -0.15) is 0 Å². The van der Waals surface area contributed by atoms with Crippen molar-refractivity contribution in [2.45, 2.75) is 11.2 Å². The van der Waals surface area contributed by atoms with Crippen molar-refractivity contribution >= 4 is 33.2 Å². The Labute approximate surface area is 76.2 Å². The minimum absolute atomic E-state index is 0.443. The molecule has 1 atom stereocenters. The van der Waals surface area contributed by atoms with Gasteiger partial charge in [0.2, 0.25) is 0 Å². The lowest BCUT2D eigenvalue weighted by Crippen LogP contribution is -2.15. The van der Waals surface area contributed by atoms with E-state index in [0.29, 0.717) is 6.42 Å². The maximum absolute atomic E-state index is 10.4. The first-order valence-corrected chi connectivity index (χ1v) is 4.80. The Bertz CT molecular complexity index is 237. The van der Waals surface area contributed by atoms with Gasteiger partial charge < -0.3 is 5.11 Å². The molecule has 0 aliphatic carbocycles. The van der Waals surface area contributed by atoms with E-state index in [4.69, 9.17) is 5.11 Å². The first kappa shape index (κ1) is 8.67. The highest BCUT2D eigenvalue weighted by molar-refractivity contribution is 9.10. The summed E-state index contributed by atoms with van der Waals surface area (Å²) in [5.74, 6) is -0.849. The van der Waals surface area contributed by atoms with E-state index in [-0.39, 0.29) is 0 Å². The summed E-state index contributed by atoms with van der Waals surface area (Å²) in [7, 11) is 0. The van der Waals surface area contributed by atoms with Crippen LogP contribution in [0.5, 0.6) is 0 Å². The summed E-state index contributed by atoms with van der Waals surface area (Å²) in [6.07, 6.45) is 0.443. The normalized spacial score (nSPS) is 12.8. The van der Waals surface area contributed by atoms with Crippen molar-refractivity contribution in [3.05, 3.63) is 16.6 Å². The third-order valence-corrected chi connectivity index (χ3v) is 2.49. The van der Waals surface area contributed by atoms with Crippen LogP contribution >= 0.6 is 27.3 Å². The Hall–Kier alpha value is -0.420. The Kier molecular flexibility index (Phi) is 3.02. The third kappa shape index (κ3) is 2.59. The number of carboxylic acids is 1. The van der Waals surface area contributed by atoms with Crippen molar-refractivity contribution in [2.24, 2.45) is 0 Å². The van der Waals surface area contributed by atoms with Crippen LogP contribution in [0.3, 0.4) is 0 Å². The summed E-state index contributed by atoms with van der Waals surface area (Å²) >= 11 is 4.50. The first-order valence-electron chi connectivity index (χ1n) is 2.94. The maximum atomic E-state index is 10.4. The van der Waals surface area contributed by atoms with Crippen LogP contribution < -0.4 is 0 Å². The molecule has 0 aliphatic rings. The lowest BCUT2D eigenvalue weighted by molar-refractivity contribution is -0.136. The zero-order valence-corrected chi connectivity index (χ0v) is 7.93. The molecule has 0 aliphatic heterocycles. The summed E-state index contributed by atoms with van der Waals surface area (Å²) in [4.78, 5) is 13.8. The molecule has 1 N–H and O–H groups in total. The minimum atomic E-state index is -0.849. The SMILES string of the molecule is O=C(O)C(Br)Cc1cscn1. The van der Waals surface area contributed by atoms with Gasteiger partial charge in [0, 0.05) is 11.8 Å². The van der Waals surface area contributed by atoms with E-state index in [2.05, 4.69) is 20.9 Å². The van der Waals surface area contributed by atoms with Gasteiger partial charge in [-0.3, -0.25) is 4.79 Å². The number of hydrogen-bond acceptors (Lipinski definition) is 3. The summed E-state index contributed by atoms with van der Waals surface area (Å²) in [5, 5.41) is 10.4. The molecule has 3 nitrogen and oxygen atoms in total. The van der Waals surface area contributed by atoms with Gasteiger partial charge in [0.25, 0.3) is 0 Å². The third-order valence-electron chi connectivity index (χ3n) is 1.14. The quantitative estimate of drug-likeness (QED) is 0.809. The summed E-state index contributed by atoms with van der Waals surface area (Å²) in [5.41, 5.74) is 2.51. The average Bonchev–Trinajstić information content (AvgIpc) is 2.39. The molecule has 0 radical (unpaired) electrons. The fourth-order valence-corrected chi connectivity index (χ4v) is 1.51. The number of rotatable bonds is 3. The lowest BCUT2D eigenvalue weighted by atomic mass is 10.2. The maximum Gasteiger partial charge on any atom is 0.317 e. The van der Waals surface area contributed by atoms with Gasteiger partial charge in [-0.1, -0.05) is 15.9 Å². The second kappa shape index (κ2) is 3.82. The Morgan fingerprint density at radius 2 is 2.64 bits per heavy atom. The zero-order chi connectivity index (χ0) is 8.27. The predicted molar refractivity (Wildman–Crippen MR) is 46.2 cm³/mol. The van der Waals surface area contributed by atoms with E-state index in [0.717, 1.165) is 5.69 Å². The highest BCUT2D eigenvalue weighted by Crippen LogP contribution is 2.09. The van der Waals surface area contributed by atoms with Gasteiger partial charge >= 0.3 is 5.97 Å². The number of carboxylic acid groups (broad SMARTS) is 1. The molecule has 1 unspecified atom stereocenters. The summed E-state index contributed by atoms with van der Waals surface area (Å²) in [6.45, 7) is 0. The molecule has 0 amide bonds. The number of thiazole rings is 1. The van der Waals surface area contributed by atoms with E-state index in [1.54, 1.807) is 5.51 Å². The predicted octanol–water partition coefficient (Wildman–Crippen LogP) is 1.53. The van der Waals surface area contributed by atoms with Crippen LogP contribution in [-0.2, 0) is 11.2 Å². The summed E-state index contributed by atoms with van der Waals surface area (Å²) < 4.78 is 0. The molecule has 5 heteroatoms. The topological polar surface area (TPSA) is 50.2 Å². The van der Waals surface area contributed by atoms with Crippen molar-refractivity contribution < 1.29 is 9.90 Å². The van der Waals surface area contributed by atoms with E-state index in [1.807, 2.05) is 5.38 Å². The second-order valence-electron chi connectivity index (χ2n) is 1.99. The largest absolute Gasteiger partial charge is 0.480 e. The van der Waals surface area contributed by atoms with Crippen molar-refractivity contribution in [1.82, 2.24) is 4.98 Å². The fraction of sp³-hybridized carbons (Fsp3) is 0.333. The van der Waals surface area contributed by atoms with Crippen LogP contribution in [0, 0.1) is 0 Å². The minimum Gasteiger partial charge on any atom is -0.480 e. The number of hydrogen-bond donors (Lipinski definition) is 1. The number of aliphatic carboxylic acids is 1. The van der Waals surface area contributed by atoms with Gasteiger partial charge in [-0.15, -0.1) is 11.3 Å². The van der Waals surface area contributed by atoms with Gasteiger partial charge in [0.05, 0.1) is 11.2 Å². The van der Waals surface area contributed by atoms with Crippen LogP contribution in [0.15, 0.2) is 10.9 Å². The van der Waals surface area contributed by atoms with Gasteiger partial charge in [0.1, 0.15) is 4.83 Å². The van der Waals surface area contributed by atoms with Crippen molar-refractivity contribution in [3.63, 3.8) is 0 Å². The molecule has 0 saturated carbocycles. The van der Waals surface area contributed by atoms with Crippen LogP contribution in [-0.4, -0.2) is 20.9 Å². The van der Waals surface area contributed by atoms with E-state index < -0.39 is 10.8 Å². The highest BCUT2D eigenvalue weighted by atomic mass is 79.9. The Morgan fingerprint density at radius 3 is 3.09 bits per heavy atom. The van der Waals surface area contributed by atoms with Crippen LogP contribution in [0.2, 0.25) is 0 Å². The zero-order valence-electron chi connectivity index (χ0n) is 5.53. The molecule has 0 spiro atoms. The molecule has 1 aromatic rings. The van der Waals surface area contributed by atoms with Crippen LogP contribution in [0.4, 0.5) is 0 Å². The Morgan fingerprint density at radius 1 is 1.91 bits per heavy atom. The van der Waals surface area contributed by atoms with Gasteiger partial charge in [0.15, 0.2) is 0 Å². The molecule has 60 valence electrons. The number of carbonyl (C=O) groups is 1. The Balaban J connectivity index is 2.50. The fourth-order valence-electron chi connectivity index (χ4n) is 0.609. The van der Waals surface area contributed by atoms with Crippen molar-refractivity contribution in [1.29, 1.82) is 0 Å². The molecule has 1 rings (SSSR count).